The molecule has 0 amide bonds. The molecule has 3 rings (SSSR count). The Morgan fingerprint density at radius 2 is 1.82 bits per heavy atom. The van der Waals surface area contributed by atoms with E-state index in [2.05, 4.69) is 4.74 Å². The van der Waals surface area contributed by atoms with Crippen LogP contribution < -0.4 is 0 Å². The van der Waals surface area contributed by atoms with Gasteiger partial charge in [-0.15, -0.1) is 0 Å². The fraction of sp³-hybridized carbons (Fsp3) is 0.353. The zero-order valence-electron chi connectivity index (χ0n) is 14.6. The first kappa shape index (κ1) is 20.7. The van der Waals surface area contributed by atoms with Gasteiger partial charge in [0.15, 0.2) is 0 Å². The van der Waals surface area contributed by atoms with E-state index in [0.29, 0.717) is 10.3 Å². The topological polar surface area (TPSA) is 78.9 Å². The SMILES string of the molecule is COC(=O)OC1CCS(OS(=O)(=O)C(F)(F)F)(c2cccc3ccccc23)C1. The van der Waals surface area contributed by atoms with Crippen LogP contribution in [0.1, 0.15) is 6.42 Å². The molecule has 1 fully saturated rings. The summed E-state index contributed by atoms with van der Waals surface area (Å²) >= 11 is 0. The Hall–Kier alpha value is -1.98. The highest BCUT2D eigenvalue weighted by Gasteiger charge is 2.53. The summed E-state index contributed by atoms with van der Waals surface area (Å²) in [6.45, 7) is 0. The van der Waals surface area contributed by atoms with Crippen LogP contribution in [0.5, 0.6) is 0 Å². The first-order chi connectivity index (χ1) is 13.1. The van der Waals surface area contributed by atoms with E-state index in [4.69, 9.17) is 8.37 Å². The van der Waals surface area contributed by atoms with Gasteiger partial charge in [-0.3, -0.25) is 0 Å². The molecule has 0 aliphatic carbocycles. The number of rotatable bonds is 4. The molecule has 6 nitrogen and oxygen atoms in total. The maximum absolute atomic E-state index is 13.0. The molecular weight excluding hydrogens is 421 g/mol. The smallest absolute Gasteiger partial charge is 0.438 e. The highest BCUT2D eigenvalue weighted by molar-refractivity contribution is 8.33. The normalized spacial score (nSPS) is 25.2. The Morgan fingerprint density at radius 1 is 1.14 bits per heavy atom. The number of ether oxygens (including phenoxy) is 2. The van der Waals surface area contributed by atoms with E-state index in [1.54, 1.807) is 42.5 Å². The van der Waals surface area contributed by atoms with E-state index >= 15 is 0 Å². The molecular formula is C17H17F3O6S2. The quantitative estimate of drug-likeness (QED) is 0.522. The number of hydrogen-bond acceptors (Lipinski definition) is 6. The number of halogens is 3. The summed E-state index contributed by atoms with van der Waals surface area (Å²) in [6.07, 6.45) is -1.65. The number of fused-ring (bicyclic) bond motifs is 1. The average molecular weight is 438 g/mol. The van der Waals surface area contributed by atoms with E-state index in [-0.39, 0.29) is 17.9 Å². The third-order valence-electron chi connectivity index (χ3n) is 4.31. The van der Waals surface area contributed by atoms with Crippen molar-refractivity contribution in [3.63, 3.8) is 0 Å². The predicted molar refractivity (Wildman–Crippen MR) is 97.5 cm³/mol. The van der Waals surface area contributed by atoms with Gasteiger partial charge in [-0.1, -0.05) is 46.7 Å². The number of benzene rings is 2. The van der Waals surface area contributed by atoms with Crippen LogP contribution in [0.3, 0.4) is 0 Å². The Balaban J connectivity index is 2.09. The Bertz CT molecular complexity index is 987. The molecule has 2 aromatic carbocycles. The van der Waals surface area contributed by atoms with Gasteiger partial charge < -0.3 is 9.47 Å². The second kappa shape index (κ2) is 7.45. The van der Waals surface area contributed by atoms with E-state index in [9.17, 15) is 26.4 Å². The zero-order valence-corrected chi connectivity index (χ0v) is 16.3. The van der Waals surface area contributed by atoms with Crippen molar-refractivity contribution in [1.82, 2.24) is 0 Å². The maximum Gasteiger partial charge on any atom is 0.523 e. The Kier molecular flexibility index (Phi) is 5.52. The lowest BCUT2D eigenvalue weighted by Gasteiger charge is -2.35. The average Bonchev–Trinajstić information content (AvgIpc) is 3.03. The van der Waals surface area contributed by atoms with Crippen LogP contribution in [0.4, 0.5) is 18.0 Å². The van der Waals surface area contributed by atoms with Gasteiger partial charge in [-0.05, 0) is 23.3 Å². The molecule has 0 aromatic heterocycles. The van der Waals surface area contributed by atoms with Crippen molar-refractivity contribution >= 4 is 37.4 Å². The summed E-state index contributed by atoms with van der Waals surface area (Å²) < 4.78 is 77.2. The molecule has 1 aliphatic heterocycles. The van der Waals surface area contributed by atoms with Crippen LogP contribution in [-0.2, 0) is 23.2 Å². The molecule has 0 spiro atoms. The van der Waals surface area contributed by atoms with E-state index in [1.807, 2.05) is 0 Å². The van der Waals surface area contributed by atoms with E-state index < -0.39 is 38.2 Å². The minimum Gasteiger partial charge on any atom is -0.438 e. The van der Waals surface area contributed by atoms with Gasteiger partial charge in [0, 0.05) is 16.4 Å². The van der Waals surface area contributed by atoms with E-state index in [0.717, 1.165) is 12.5 Å². The summed E-state index contributed by atoms with van der Waals surface area (Å²) in [7, 11) is -7.70. The van der Waals surface area contributed by atoms with Crippen molar-refractivity contribution in [3.05, 3.63) is 42.5 Å². The molecule has 2 aromatic rings. The van der Waals surface area contributed by atoms with Crippen LogP contribution >= 0.6 is 10.3 Å². The fourth-order valence-electron chi connectivity index (χ4n) is 3.09. The van der Waals surface area contributed by atoms with Gasteiger partial charge in [0.2, 0.25) is 0 Å². The van der Waals surface area contributed by atoms with Crippen LogP contribution in [0.15, 0.2) is 47.4 Å². The van der Waals surface area contributed by atoms with Crippen molar-refractivity contribution in [2.75, 3.05) is 18.6 Å². The van der Waals surface area contributed by atoms with Gasteiger partial charge in [0.25, 0.3) is 0 Å². The molecule has 1 saturated heterocycles. The highest BCUT2D eigenvalue weighted by atomic mass is 32.3. The molecule has 2 atom stereocenters. The molecule has 0 N–H and O–H groups in total. The summed E-state index contributed by atoms with van der Waals surface area (Å²) in [6, 6.07) is 11.9. The minimum atomic E-state index is -5.85. The largest absolute Gasteiger partial charge is 0.523 e. The number of alkyl halides is 3. The molecule has 1 heterocycles. The standard InChI is InChI=1S/C17H17F3O6S2/c1-24-16(21)25-13-9-10-27(11-13,26-28(22,23)17(18,19)20)15-8-4-6-12-5-2-3-7-14(12)15/h2-8,13H,9-11H2,1H3. The van der Waals surface area contributed by atoms with Crippen molar-refractivity contribution in [2.24, 2.45) is 0 Å². The van der Waals surface area contributed by atoms with Crippen molar-refractivity contribution in [3.8, 4) is 0 Å². The van der Waals surface area contributed by atoms with Crippen LogP contribution in [0.2, 0.25) is 0 Å². The summed E-state index contributed by atoms with van der Waals surface area (Å²) in [5, 5.41) is 1.33. The maximum atomic E-state index is 13.0. The summed E-state index contributed by atoms with van der Waals surface area (Å²) in [5.41, 5.74) is -5.56. The monoisotopic (exact) mass is 438 g/mol. The van der Waals surface area contributed by atoms with E-state index in [1.165, 1.54) is 0 Å². The number of hydrogen-bond donors (Lipinski definition) is 0. The van der Waals surface area contributed by atoms with Crippen molar-refractivity contribution < 1.29 is 39.5 Å². The zero-order chi connectivity index (χ0) is 20.6. The minimum absolute atomic E-state index is 0.00201. The lowest BCUT2D eigenvalue weighted by atomic mass is 10.1. The fourth-order valence-corrected chi connectivity index (χ4v) is 8.52. The second-order valence-corrected chi connectivity index (χ2v) is 10.8. The van der Waals surface area contributed by atoms with Crippen LogP contribution in [0.25, 0.3) is 10.8 Å². The number of methoxy groups -OCH3 is 1. The first-order valence-corrected chi connectivity index (χ1v) is 11.4. The number of carbonyl (C=O) groups is 1. The third-order valence-corrected chi connectivity index (χ3v) is 9.60. The summed E-state index contributed by atoms with van der Waals surface area (Å²) in [5.74, 6) is -0.177. The highest BCUT2D eigenvalue weighted by Crippen LogP contribution is 2.65. The van der Waals surface area contributed by atoms with Gasteiger partial charge in [0.05, 0.1) is 7.11 Å². The van der Waals surface area contributed by atoms with Gasteiger partial charge >= 0.3 is 21.8 Å². The van der Waals surface area contributed by atoms with Gasteiger partial charge in [-0.2, -0.15) is 21.6 Å². The first-order valence-electron chi connectivity index (χ1n) is 8.11. The molecule has 0 radical (unpaired) electrons. The predicted octanol–water partition coefficient (Wildman–Crippen LogP) is 4.34. The molecule has 0 saturated carbocycles. The number of carbonyl (C=O) groups excluding carboxylic acids is 1. The van der Waals surface area contributed by atoms with Crippen LogP contribution in [0, 0.1) is 0 Å². The molecule has 28 heavy (non-hydrogen) atoms. The summed E-state index contributed by atoms with van der Waals surface area (Å²) in [4.78, 5) is 11.8. The molecule has 1 aliphatic rings. The van der Waals surface area contributed by atoms with Crippen molar-refractivity contribution in [1.29, 1.82) is 0 Å². The van der Waals surface area contributed by atoms with Crippen LogP contribution in [-0.4, -0.2) is 44.8 Å². The lowest BCUT2D eigenvalue weighted by molar-refractivity contribution is -0.0496. The molecule has 0 bridgehead atoms. The second-order valence-electron chi connectivity index (χ2n) is 6.11. The third kappa shape index (κ3) is 3.91. The van der Waals surface area contributed by atoms with Crippen molar-refractivity contribution in [2.45, 2.75) is 22.9 Å². The Labute approximate surface area is 161 Å². The molecule has 154 valence electrons. The molecule has 11 heteroatoms. The van der Waals surface area contributed by atoms with Gasteiger partial charge in [-0.25, -0.2) is 8.42 Å². The van der Waals surface area contributed by atoms with Gasteiger partial charge in [0.1, 0.15) is 6.10 Å². The Morgan fingerprint density at radius 3 is 2.50 bits per heavy atom. The lowest BCUT2D eigenvalue weighted by Crippen LogP contribution is -2.28. The molecule has 2 unspecified atom stereocenters.